The van der Waals surface area contributed by atoms with Crippen LogP contribution in [-0.4, -0.2) is 17.0 Å². The number of para-hydroxylation sites is 1. The quantitative estimate of drug-likeness (QED) is 0.771. The van der Waals surface area contributed by atoms with Crippen LogP contribution in [0.5, 0.6) is 0 Å². The summed E-state index contributed by atoms with van der Waals surface area (Å²) in [4.78, 5) is 11.9. The minimum Gasteiger partial charge on any atom is -0.355 e. The van der Waals surface area contributed by atoms with Gasteiger partial charge in [0.25, 0.3) is 0 Å². The van der Waals surface area contributed by atoms with Gasteiger partial charge in [-0.1, -0.05) is 30.3 Å². The van der Waals surface area contributed by atoms with Crippen molar-refractivity contribution in [2.75, 3.05) is 6.54 Å². The van der Waals surface area contributed by atoms with E-state index in [0.29, 0.717) is 12.1 Å². The topological polar surface area (TPSA) is 34.0 Å². The number of benzene rings is 2. The molecule has 118 valence electrons. The number of hydrogen-bond acceptors (Lipinski definition) is 1. The highest BCUT2D eigenvalue weighted by atomic mass is 19.1. The van der Waals surface area contributed by atoms with E-state index in [1.807, 2.05) is 19.2 Å². The van der Waals surface area contributed by atoms with E-state index in [9.17, 15) is 9.18 Å². The first-order valence-corrected chi connectivity index (χ1v) is 7.67. The van der Waals surface area contributed by atoms with Gasteiger partial charge < -0.3 is 9.88 Å². The molecule has 0 saturated carbocycles. The van der Waals surface area contributed by atoms with Gasteiger partial charge in [0, 0.05) is 30.7 Å². The van der Waals surface area contributed by atoms with E-state index in [1.54, 1.807) is 12.1 Å². The molecule has 1 aromatic heterocycles. The van der Waals surface area contributed by atoms with Crippen molar-refractivity contribution in [3.05, 3.63) is 71.7 Å². The summed E-state index contributed by atoms with van der Waals surface area (Å²) in [5.41, 5.74) is 3.09. The van der Waals surface area contributed by atoms with E-state index in [-0.39, 0.29) is 18.1 Å². The number of aryl methyl sites for hydroxylation is 1. The van der Waals surface area contributed by atoms with E-state index in [0.717, 1.165) is 6.42 Å². The zero-order valence-corrected chi connectivity index (χ0v) is 13.1. The number of carbonyl (C=O) groups is 1. The number of nitrogens with one attached hydrogen (secondary N) is 1. The second-order valence-electron chi connectivity index (χ2n) is 5.69. The number of aromatic nitrogens is 1. The maximum absolute atomic E-state index is 13.1. The van der Waals surface area contributed by atoms with Crippen molar-refractivity contribution < 1.29 is 9.18 Å². The van der Waals surface area contributed by atoms with Crippen molar-refractivity contribution in [1.82, 2.24) is 9.88 Å². The molecule has 0 aliphatic carbocycles. The normalized spacial score (nSPS) is 10.9. The summed E-state index contributed by atoms with van der Waals surface area (Å²) < 4.78 is 15.2. The molecule has 1 amide bonds. The summed E-state index contributed by atoms with van der Waals surface area (Å²) in [7, 11) is 2.02. The molecule has 0 atom stereocenters. The summed E-state index contributed by atoms with van der Waals surface area (Å²) >= 11 is 0. The Morgan fingerprint density at radius 3 is 2.83 bits per heavy atom. The zero-order valence-electron chi connectivity index (χ0n) is 13.1. The Balaban J connectivity index is 1.57. The molecule has 3 rings (SSSR count). The molecule has 3 aromatic rings. The van der Waals surface area contributed by atoms with Crippen LogP contribution in [0.3, 0.4) is 0 Å². The van der Waals surface area contributed by atoms with E-state index < -0.39 is 0 Å². The second-order valence-corrected chi connectivity index (χ2v) is 5.69. The Hall–Kier alpha value is -2.62. The molecule has 1 N–H and O–H groups in total. The van der Waals surface area contributed by atoms with Crippen molar-refractivity contribution in [1.29, 1.82) is 0 Å². The lowest BCUT2D eigenvalue weighted by Crippen LogP contribution is -2.27. The van der Waals surface area contributed by atoms with Crippen LogP contribution < -0.4 is 5.32 Å². The number of nitrogens with zero attached hydrogens (tertiary/aromatic N) is 1. The van der Waals surface area contributed by atoms with Gasteiger partial charge in [-0.25, -0.2) is 4.39 Å². The molecule has 0 aliphatic heterocycles. The molecule has 1 heterocycles. The Bertz CT molecular complexity index is 838. The number of fused-ring (bicyclic) bond motifs is 1. The number of rotatable bonds is 5. The Morgan fingerprint density at radius 1 is 1.17 bits per heavy atom. The van der Waals surface area contributed by atoms with Gasteiger partial charge in [0.15, 0.2) is 0 Å². The summed E-state index contributed by atoms with van der Waals surface area (Å²) in [6, 6.07) is 14.4. The molecule has 0 aliphatic rings. The van der Waals surface area contributed by atoms with Gasteiger partial charge in [0.2, 0.25) is 5.91 Å². The minimum atomic E-state index is -0.314. The lowest BCUT2D eigenvalue weighted by molar-refractivity contribution is -0.120. The summed E-state index contributed by atoms with van der Waals surface area (Å²) in [5, 5.41) is 4.12. The lowest BCUT2D eigenvalue weighted by Gasteiger charge is -2.05. The number of amides is 1. The summed E-state index contributed by atoms with van der Waals surface area (Å²) in [5.74, 6) is -0.401. The van der Waals surface area contributed by atoms with Crippen LogP contribution in [0, 0.1) is 5.82 Å². The molecule has 0 unspecified atom stereocenters. The predicted molar refractivity (Wildman–Crippen MR) is 89.7 cm³/mol. The van der Waals surface area contributed by atoms with Gasteiger partial charge in [-0.05, 0) is 35.7 Å². The fourth-order valence-corrected chi connectivity index (χ4v) is 2.86. The average Bonchev–Trinajstić information content (AvgIpc) is 2.84. The van der Waals surface area contributed by atoms with Gasteiger partial charge in [-0.2, -0.15) is 0 Å². The van der Waals surface area contributed by atoms with Crippen LogP contribution in [0.25, 0.3) is 10.9 Å². The minimum absolute atomic E-state index is 0.0872. The standard InChI is InChI=1S/C19H19FN2O/c1-22-13-15(17-7-2-3-8-18(17)22)9-10-21-19(23)12-14-5-4-6-16(20)11-14/h2-8,11,13H,9-10,12H2,1H3,(H,21,23). The van der Waals surface area contributed by atoms with Crippen molar-refractivity contribution in [3.63, 3.8) is 0 Å². The molecule has 0 bridgehead atoms. The monoisotopic (exact) mass is 310 g/mol. The number of hydrogen-bond donors (Lipinski definition) is 1. The fraction of sp³-hybridized carbons (Fsp3) is 0.211. The molecule has 3 nitrogen and oxygen atoms in total. The highest BCUT2D eigenvalue weighted by Crippen LogP contribution is 2.20. The third-order valence-electron chi connectivity index (χ3n) is 3.95. The predicted octanol–water partition coefficient (Wildman–Crippen LogP) is 3.22. The van der Waals surface area contributed by atoms with Gasteiger partial charge in [0.1, 0.15) is 5.82 Å². The van der Waals surface area contributed by atoms with Crippen molar-refractivity contribution >= 4 is 16.8 Å². The van der Waals surface area contributed by atoms with Crippen LogP contribution in [0.15, 0.2) is 54.7 Å². The van der Waals surface area contributed by atoms with E-state index in [4.69, 9.17) is 0 Å². The lowest BCUT2D eigenvalue weighted by atomic mass is 10.1. The van der Waals surface area contributed by atoms with Crippen molar-refractivity contribution in [2.45, 2.75) is 12.8 Å². The number of halogens is 1. The van der Waals surface area contributed by atoms with Crippen molar-refractivity contribution in [2.24, 2.45) is 7.05 Å². The van der Waals surface area contributed by atoms with E-state index in [2.05, 4.69) is 28.2 Å². The van der Waals surface area contributed by atoms with Crippen LogP contribution >= 0.6 is 0 Å². The third kappa shape index (κ3) is 3.59. The first kappa shape index (κ1) is 15.3. The maximum atomic E-state index is 13.1. The largest absolute Gasteiger partial charge is 0.355 e. The van der Waals surface area contributed by atoms with Crippen LogP contribution in [0.2, 0.25) is 0 Å². The number of carbonyl (C=O) groups excluding carboxylic acids is 1. The molecule has 0 fully saturated rings. The molecule has 0 spiro atoms. The van der Waals surface area contributed by atoms with Gasteiger partial charge in [0.05, 0.1) is 6.42 Å². The SMILES string of the molecule is Cn1cc(CCNC(=O)Cc2cccc(F)c2)c2ccccc21. The Kier molecular flexibility index (Phi) is 4.42. The van der Waals surface area contributed by atoms with Gasteiger partial charge in [-0.3, -0.25) is 4.79 Å². The summed E-state index contributed by atoms with van der Waals surface area (Å²) in [6.45, 7) is 0.572. The van der Waals surface area contributed by atoms with E-state index in [1.165, 1.54) is 28.6 Å². The second kappa shape index (κ2) is 6.65. The van der Waals surface area contributed by atoms with Crippen LogP contribution in [0.4, 0.5) is 4.39 Å². The molecule has 4 heteroatoms. The smallest absolute Gasteiger partial charge is 0.224 e. The molecular weight excluding hydrogens is 291 g/mol. The van der Waals surface area contributed by atoms with Crippen LogP contribution in [0.1, 0.15) is 11.1 Å². The molecule has 23 heavy (non-hydrogen) atoms. The highest BCUT2D eigenvalue weighted by molar-refractivity contribution is 5.84. The van der Waals surface area contributed by atoms with Crippen LogP contribution in [-0.2, 0) is 24.7 Å². The average molecular weight is 310 g/mol. The maximum Gasteiger partial charge on any atom is 0.224 e. The van der Waals surface area contributed by atoms with Crippen molar-refractivity contribution in [3.8, 4) is 0 Å². The van der Waals surface area contributed by atoms with Gasteiger partial charge >= 0.3 is 0 Å². The fourth-order valence-electron chi connectivity index (χ4n) is 2.86. The Morgan fingerprint density at radius 2 is 2.00 bits per heavy atom. The van der Waals surface area contributed by atoms with E-state index >= 15 is 0 Å². The first-order chi connectivity index (χ1) is 11.1. The van der Waals surface area contributed by atoms with Gasteiger partial charge in [-0.15, -0.1) is 0 Å². The molecular formula is C19H19FN2O. The summed E-state index contributed by atoms with van der Waals surface area (Å²) in [6.07, 6.45) is 3.08. The highest BCUT2D eigenvalue weighted by Gasteiger charge is 2.07. The third-order valence-corrected chi connectivity index (χ3v) is 3.95. The molecule has 0 radical (unpaired) electrons. The Labute approximate surface area is 134 Å². The molecule has 2 aromatic carbocycles. The molecule has 0 saturated heterocycles. The zero-order chi connectivity index (χ0) is 16.2. The first-order valence-electron chi connectivity index (χ1n) is 7.67.